The molecule has 4 rings (SSSR count). The van der Waals surface area contributed by atoms with Crippen LogP contribution in [0.2, 0.25) is 0 Å². The molecule has 2 heterocycles. The second kappa shape index (κ2) is 11.2. The van der Waals surface area contributed by atoms with Gasteiger partial charge in [0, 0.05) is 17.2 Å². The lowest BCUT2D eigenvalue weighted by atomic mass is 9.80. The van der Waals surface area contributed by atoms with Crippen molar-refractivity contribution in [1.29, 1.82) is 5.26 Å². The smallest absolute Gasteiger partial charge is 0.306 e. The molecule has 5 N–H and O–H groups in total. The van der Waals surface area contributed by atoms with Gasteiger partial charge in [0.2, 0.25) is 5.95 Å². The zero-order valence-electron chi connectivity index (χ0n) is 19.6. The van der Waals surface area contributed by atoms with Crippen LogP contribution >= 0.6 is 0 Å². The Balaban J connectivity index is 1.47. The Kier molecular flexibility index (Phi) is 7.60. The second-order valence-electron chi connectivity index (χ2n) is 8.61. The number of carboxylic acid groups (broad SMARTS) is 1. The Morgan fingerprint density at radius 2 is 1.89 bits per heavy atom. The Labute approximate surface area is 208 Å². The van der Waals surface area contributed by atoms with E-state index in [1.54, 1.807) is 24.3 Å². The molecular formula is C26H26N8O2. The molecule has 10 heteroatoms. The molecule has 0 aliphatic heterocycles. The number of aliphatic imine (C=N–C) groups is 1. The van der Waals surface area contributed by atoms with Crippen molar-refractivity contribution in [3.8, 4) is 17.3 Å². The van der Waals surface area contributed by atoms with Crippen molar-refractivity contribution < 1.29 is 9.90 Å². The van der Waals surface area contributed by atoms with Crippen LogP contribution in [0.1, 0.15) is 54.2 Å². The summed E-state index contributed by atoms with van der Waals surface area (Å²) in [5, 5.41) is 22.2. The van der Waals surface area contributed by atoms with E-state index in [4.69, 9.17) is 16.6 Å². The number of pyridine rings is 1. The summed E-state index contributed by atoms with van der Waals surface area (Å²) in [4.78, 5) is 28.9. The third-order valence-electron chi connectivity index (χ3n) is 6.22. The molecular weight excluding hydrogens is 456 g/mol. The number of hydrazone groups is 1. The first-order chi connectivity index (χ1) is 17.5. The molecule has 36 heavy (non-hydrogen) atoms. The Morgan fingerprint density at radius 3 is 2.61 bits per heavy atom. The van der Waals surface area contributed by atoms with Crippen LogP contribution in [0.3, 0.4) is 0 Å². The van der Waals surface area contributed by atoms with Gasteiger partial charge in [0.05, 0.1) is 47.4 Å². The summed E-state index contributed by atoms with van der Waals surface area (Å²) in [5.41, 5.74) is 10.2. The van der Waals surface area contributed by atoms with Crippen LogP contribution in [-0.4, -0.2) is 38.0 Å². The van der Waals surface area contributed by atoms with E-state index < -0.39 is 5.97 Å². The Bertz CT molecular complexity index is 1350. The van der Waals surface area contributed by atoms with Gasteiger partial charge >= 0.3 is 5.97 Å². The van der Waals surface area contributed by atoms with Gasteiger partial charge in [-0.1, -0.05) is 18.2 Å². The number of hydrogen-bond acceptors (Lipinski definition) is 9. The fourth-order valence-corrected chi connectivity index (χ4v) is 4.33. The molecule has 10 nitrogen and oxygen atoms in total. The van der Waals surface area contributed by atoms with E-state index in [1.807, 2.05) is 24.3 Å². The first-order valence-corrected chi connectivity index (χ1v) is 11.6. The SMILES string of the molecule is N#Cc1cccc(-c2cc(/C(C=NCc3cccc(C4CCC(C(=O)O)CC4)n3)=N/N)nc(N)n2)c1. The number of nitrogen functional groups attached to an aromatic ring is 1. The molecule has 1 saturated carbocycles. The molecule has 3 aromatic rings. The van der Waals surface area contributed by atoms with Gasteiger partial charge in [0.25, 0.3) is 0 Å². The van der Waals surface area contributed by atoms with Crippen LogP contribution in [0.4, 0.5) is 5.95 Å². The maximum Gasteiger partial charge on any atom is 0.306 e. The number of hydrogen-bond donors (Lipinski definition) is 3. The number of aromatic nitrogens is 3. The van der Waals surface area contributed by atoms with Crippen molar-refractivity contribution in [2.75, 3.05) is 5.73 Å². The van der Waals surface area contributed by atoms with Crippen LogP contribution in [0.5, 0.6) is 0 Å². The third kappa shape index (κ3) is 5.88. The number of nitrogens with zero attached hydrogens (tertiary/aromatic N) is 6. The number of carboxylic acids is 1. The highest BCUT2D eigenvalue weighted by atomic mass is 16.4. The van der Waals surface area contributed by atoms with Gasteiger partial charge in [0.1, 0.15) is 5.71 Å². The molecule has 0 spiro atoms. The zero-order valence-corrected chi connectivity index (χ0v) is 19.6. The first kappa shape index (κ1) is 24.5. The quantitative estimate of drug-likeness (QED) is 0.261. The van der Waals surface area contributed by atoms with E-state index in [-0.39, 0.29) is 17.8 Å². The lowest BCUT2D eigenvalue weighted by Gasteiger charge is -2.25. The normalized spacial score (nSPS) is 18.1. The standard InChI is InChI=1S/C26H26N8O2/c27-13-16-3-1-4-19(11-16)22-12-23(33-26(28)32-22)24(34-29)15-30-14-20-5-2-6-21(31-20)17-7-9-18(10-8-17)25(35)36/h1-6,11-12,15,17-18H,7-10,14,29H2,(H,35,36)(H2,28,32,33)/b30-15?,34-24+. The van der Waals surface area contributed by atoms with Crippen LogP contribution < -0.4 is 11.6 Å². The Morgan fingerprint density at radius 1 is 1.11 bits per heavy atom. The molecule has 2 aromatic heterocycles. The maximum absolute atomic E-state index is 11.2. The lowest BCUT2D eigenvalue weighted by molar-refractivity contribution is -0.142. The van der Waals surface area contributed by atoms with Gasteiger partial charge in [0.15, 0.2) is 0 Å². The Hall–Kier alpha value is -4.65. The van der Waals surface area contributed by atoms with Crippen molar-refractivity contribution in [3.63, 3.8) is 0 Å². The number of carbonyl (C=O) groups is 1. The number of nitrogens with two attached hydrogens (primary N) is 2. The molecule has 0 amide bonds. The minimum atomic E-state index is -0.713. The fraction of sp³-hybridized carbons (Fsp3) is 0.269. The van der Waals surface area contributed by atoms with Gasteiger partial charge in [-0.15, -0.1) is 0 Å². The van der Waals surface area contributed by atoms with E-state index >= 15 is 0 Å². The minimum absolute atomic E-state index is 0.0476. The van der Waals surface area contributed by atoms with Crippen molar-refractivity contribution >= 4 is 23.8 Å². The summed E-state index contributed by atoms with van der Waals surface area (Å²) < 4.78 is 0. The van der Waals surface area contributed by atoms with Gasteiger partial charge in [-0.25, -0.2) is 9.97 Å². The molecule has 182 valence electrons. The molecule has 1 aliphatic rings. The molecule has 1 aliphatic carbocycles. The van der Waals surface area contributed by atoms with E-state index in [9.17, 15) is 15.2 Å². The highest BCUT2D eigenvalue weighted by Gasteiger charge is 2.27. The largest absolute Gasteiger partial charge is 0.481 e. The van der Waals surface area contributed by atoms with Crippen molar-refractivity contribution in [1.82, 2.24) is 15.0 Å². The predicted molar refractivity (Wildman–Crippen MR) is 136 cm³/mol. The monoisotopic (exact) mass is 482 g/mol. The van der Waals surface area contributed by atoms with E-state index in [0.29, 0.717) is 42.0 Å². The van der Waals surface area contributed by atoms with Gasteiger partial charge in [-0.05, 0) is 56.0 Å². The predicted octanol–water partition coefficient (Wildman–Crippen LogP) is 3.28. The summed E-state index contributed by atoms with van der Waals surface area (Å²) in [6.07, 6.45) is 4.49. The topological polar surface area (TPSA) is 177 Å². The first-order valence-electron chi connectivity index (χ1n) is 11.6. The summed E-state index contributed by atoms with van der Waals surface area (Å²) >= 11 is 0. The molecule has 0 unspecified atom stereocenters. The number of anilines is 1. The number of aliphatic carboxylic acids is 1. The van der Waals surface area contributed by atoms with Crippen LogP contribution in [0, 0.1) is 17.2 Å². The molecule has 0 atom stereocenters. The van der Waals surface area contributed by atoms with Gasteiger partial charge in [-0.3, -0.25) is 14.8 Å². The average molecular weight is 483 g/mol. The molecule has 0 saturated heterocycles. The van der Waals surface area contributed by atoms with Crippen LogP contribution in [0.25, 0.3) is 11.3 Å². The molecule has 1 aromatic carbocycles. The van der Waals surface area contributed by atoms with E-state index in [2.05, 4.69) is 26.1 Å². The summed E-state index contributed by atoms with van der Waals surface area (Å²) in [7, 11) is 0. The van der Waals surface area contributed by atoms with Crippen molar-refractivity contribution in [2.24, 2.45) is 21.9 Å². The molecule has 0 bridgehead atoms. The number of benzene rings is 1. The summed E-state index contributed by atoms with van der Waals surface area (Å²) in [5.74, 6) is 4.95. The number of rotatable bonds is 7. The maximum atomic E-state index is 11.2. The van der Waals surface area contributed by atoms with Crippen LogP contribution in [0.15, 0.2) is 58.6 Å². The van der Waals surface area contributed by atoms with Gasteiger partial charge < -0.3 is 16.7 Å². The van der Waals surface area contributed by atoms with E-state index in [1.165, 1.54) is 6.21 Å². The zero-order chi connectivity index (χ0) is 25.5. The van der Waals surface area contributed by atoms with Crippen LogP contribution in [-0.2, 0) is 11.3 Å². The second-order valence-corrected chi connectivity index (χ2v) is 8.61. The highest BCUT2D eigenvalue weighted by molar-refractivity contribution is 6.37. The third-order valence-corrected chi connectivity index (χ3v) is 6.22. The average Bonchev–Trinajstić information content (AvgIpc) is 2.91. The summed E-state index contributed by atoms with van der Waals surface area (Å²) in [6.45, 7) is 0.314. The lowest BCUT2D eigenvalue weighted by Crippen LogP contribution is -2.21. The van der Waals surface area contributed by atoms with E-state index in [0.717, 1.165) is 29.8 Å². The number of nitriles is 1. The van der Waals surface area contributed by atoms with Crippen molar-refractivity contribution in [3.05, 3.63) is 71.2 Å². The molecule has 0 radical (unpaired) electrons. The highest BCUT2D eigenvalue weighted by Crippen LogP contribution is 2.35. The van der Waals surface area contributed by atoms with Gasteiger partial charge in [-0.2, -0.15) is 10.4 Å². The summed E-state index contributed by atoms with van der Waals surface area (Å²) in [6, 6.07) is 16.6. The fourth-order valence-electron chi connectivity index (χ4n) is 4.33. The minimum Gasteiger partial charge on any atom is -0.481 e. The molecule has 1 fully saturated rings. The van der Waals surface area contributed by atoms with Crippen molar-refractivity contribution in [2.45, 2.75) is 38.1 Å².